The van der Waals surface area contributed by atoms with Crippen LogP contribution in [-0.4, -0.2) is 27.4 Å². The smallest absolute Gasteiger partial charge is 0.271 e. The van der Waals surface area contributed by atoms with Crippen molar-refractivity contribution < 1.29 is 9.18 Å². The number of pyridine rings is 1. The Labute approximate surface area is 148 Å². The molecule has 6 nitrogen and oxygen atoms in total. The van der Waals surface area contributed by atoms with E-state index in [1.807, 2.05) is 25.3 Å². The summed E-state index contributed by atoms with van der Waals surface area (Å²) in [6.07, 6.45) is 3.58. The zero-order valence-corrected chi connectivity index (χ0v) is 14.7. The number of hydrogen-bond donors (Lipinski definition) is 2. The highest BCUT2D eigenvalue weighted by Gasteiger charge is 2.17. The molecule has 1 amide bonds. The first-order valence-electron chi connectivity index (χ1n) is 7.99. The Morgan fingerprint density at radius 2 is 2.20 bits per heavy atom. The number of amides is 1. The summed E-state index contributed by atoms with van der Waals surface area (Å²) in [7, 11) is 0. The average Bonchev–Trinajstić information content (AvgIpc) is 3.07. The van der Waals surface area contributed by atoms with Gasteiger partial charge in [0.05, 0.1) is 22.5 Å². The van der Waals surface area contributed by atoms with E-state index in [-0.39, 0.29) is 11.9 Å². The Balaban J connectivity index is 1.90. The van der Waals surface area contributed by atoms with Crippen LogP contribution in [0.4, 0.5) is 10.3 Å². The normalized spacial score (nSPS) is 12.1. The van der Waals surface area contributed by atoms with E-state index >= 15 is 0 Å². The van der Waals surface area contributed by atoms with Crippen molar-refractivity contribution in [2.45, 2.75) is 26.3 Å². The second kappa shape index (κ2) is 7.52. The molecule has 2 N–H and O–H groups in total. The van der Waals surface area contributed by atoms with Gasteiger partial charge in [-0.25, -0.2) is 14.4 Å². The number of nitrogens with zero attached hydrogens (tertiary/aromatic N) is 3. The fraction of sp³-hybridized carbons (Fsp3) is 0.294. The first kappa shape index (κ1) is 17.2. The van der Waals surface area contributed by atoms with Crippen molar-refractivity contribution in [3.63, 3.8) is 0 Å². The van der Waals surface area contributed by atoms with Gasteiger partial charge in [-0.15, -0.1) is 11.3 Å². The summed E-state index contributed by atoms with van der Waals surface area (Å²) < 4.78 is 14.1. The van der Waals surface area contributed by atoms with Crippen molar-refractivity contribution in [2.75, 3.05) is 11.9 Å². The lowest BCUT2D eigenvalue weighted by Gasteiger charge is -2.15. The van der Waals surface area contributed by atoms with E-state index in [1.165, 1.54) is 17.4 Å². The van der Waals surface area contributed by atoms with Gasteiger partial charge < -0.3 is 10.6 Å². The quantitative estimate of drug-likeness (QED) is 0.704. The first-order chi connectivity index (χ1) is 12.1. The van der Waals surface area contributed by atoms with Gasteiger partial charge in [0.25, 0.3) is 5.91 Å². The van der Waals surface area contributed by atoms with E-state index in [0.29, 0.717) is 29.3 Å². The largest absolute Gasteiger partial charge is 0.351 e. The van der Waals surface area contributed by atoms with Crippen LogP contribution in [0.3, 0.4) is 0 Å². The van der Waals surface area contributed by atoms with Crippen molar-refractivity contribution in [1.82, 2.24) is 20.3 Å². The van der Waals surface area contributed by atoms with Gasteiger partial charge in [-0.3, -0.25) is 9.78 Å². The van der Waals surface area contributed by atoms with Gasteiger partial charge in [-0.05, 0) is 36.4 Å². The van der Waals surface area contributed by atoms with Crippen molar-refractivity contribution >= 4 is 33.4 Å². The van der Waals surface area contributed by atoms with E-state index in [0.717, 1.165) is 17.3 Å². The van der Waals surface area contributed by atoms with Gasteiger partial charge in [0.15, 0.2) is 5.69 Å². The number of rotatable bonds is 6. The Morgan fingerprint density at radius 3 is 2.96 bits per heavy atom. The third kappa shape index (κ3) is 3.90. The third-order valence-electron chi connectivity index (χ3n) is 3.63. The van der Waals surface area contributed by atoms with Crippen LogP contribution >= 0.6 is 11.3 Å². The lowest BCUT2D eigenvalue weighted by molar-refractivity contribution is 0.0950. The number of aromatic nitrogens is 3. The van der Waals surface area contributed by atoms with Crippen molar-refractivity contribution in [1.29, 1.82) is 0 Å². The molecule has 3 aromatic heterocycles. The maximum Gasteiger partial charge on any atom is 0.271 e. The summed E-state index contributed by atoms with van der Waals surface area (Å²) in [6, 6.07) is 2.99. The zero-order chi connectivity index (χ0) is 17.8. The lowest BCUT2D eigenvalue weighted by Crippen LogP contribution is -2.25. The molecule has 25 heavy (non-hydrogen) atoms. The second-order valence-electron chi connectivity index (χ2n) is 5.59. The molecule has 0 aromatic carbocycles. The monoisotopic (exact) mass is 359 g/mol. The first-order valence-corrected chi connectivity index (χ1v) is 8.87. The summed E-state index contributed by atoms with van der Waals surface area (Å²) in [6.45, 7) is 4.43. The number of fused-ring (bicyclic) bond motifs is 1. The number of carbonyl (C=O) groups excluding carboxylic acids is 1. The Bertz CT molecular complexity index is 898. The molecule has 1 unspecified atom stereocenters. The van der Waals surface area contributed by atoms with E-state index in [4.69, 9.17) is 0 Å². The maximum atomic E-state index is 13.3. The van der Waals surface area contributed by atoms with Crippen molar-refractivity contribution in [3.8, 4) is 0 Å². The number of halogens is 1. The molecule has 130 valence electrons. The summed E-state index contributed by atoms with van der Waals surface area (Å²) in [5.41, 5.74) is 1.72. The molecule has 3 aromatic rings. The van der Waals surface area contributed by atoms with Crippen LogP contribution in [0, 0.1) is 5.82 Å². The molecule has 0 fully saturated rings. The van der Waals surface area contributed by atoms with Gasteiger partial charge in [-0.1, -0.05) is 6.92 Å². The molecule has 1 atom stereocenters. The maximum absolute atomic E-state index is 13.3. The van der Waals surface area contributed by atoms with E-state index in [9.17, 15) is 9.18 Å². The minimum atomic E-state index is -0.403. The Morgan fingerprint density at radius 1 is 1.36 bits per heavy atom. The van der Waals surface area contributed by atoms with Crippen LogP contribution < -0.4 is 10.6 Å². The molecular weight excluding hydrogens is 341 g/mol. The van der Waals surface area contributed by atoms with Gasteiger partial charge in [0.2, 0.25) is 5.95 Å². The minimum Gasteiger partial charge on any atom is -0.351 e. The molecule has 0 saturated carbocycles. The van der Waals surface area contributed by atoms with Gasteiger partial charge >= 0.3 is 0 Å². The highest BCUT2D eigenvalue weighted by atomic mass is 32.1. The SMILES string of the molecule is CCCNC(=O)c1nc(NC(C)c2cncc(F)c2)nc2ccsc12. The minimum absolute atomic E-state index is 0.222. The van der Waals surface area contributed by atoms with Crippen LogP contribution in [0.15, 0.2) is 29.9 Å². The van der Waals surface area contributed by atoms with Crippen LogP contribution in [-0.2, 0) is 0 Å². The van der Waals surface area contributed by atoms with E-state index in [1.54, 1.807) is 6.20 Å². The highest BCUT2D eigenvalue weighted by Crippen LogP contribution is 2.25. The third-order valence-corrected chi connectivity index (χ3v) is 4.54. The van der Waals surface area contributed by atoms with Crippen LogP contribution in [0.1, 0.15) is 42.4 Å². The summed E-state index contributed by atoms with van der Waals surface area (Å²) >= 11 is 1.43. The standard InChI is InChI=1S/C17H18FN5OS/c1-3-5-20-16(24)14-15-13(4-6-25-15)22-17(23-14)21-10(2)11-7-12(18)9-19-8-11/h4,6-10H,3,5H2,1-2H3,(H,20,24)(H,21,22,23). The highest BCUT2D eigenvalue weighted by molar-refractivity contribution is 7.17. The molecule has 0 spiro atoms. The number of hydrogen-bond acceptors (Lipinski definition) is 6. The summed E-state index contributed by atoms with van der Waals surface area (Å²) in [5.74, 6) is -0.302. The van der Waals surface area contributed by atoms with Crippen LogP contribution in [0.5, 0.6) is 0 Å². The second-order valence-corrected chi connectivity index (χ2v) is 6.51. The van der Waals surface area contributed by atoms with Gasteiger partial charge in [0.1, 0.15) is 5.82 Å². The zero-order valence-electron chi connectivity index (χ0n) is 13.9. The lowest BCUT2D eigenvalue weighted by atomic mass is 10.1. The van der Waals surface area contributed by atoms with Crippen molar-refractivity contribution in [3.05, 3.63) is 47.0 Å². The predicted octanol–water partition coefficient (Wildman–Crippen LogP) is 3.54. The number of anilines is 1. The Hall–Kier alpha value is -2.61. The van der Waals surface area contributed by atoms with E-state index in [2.05, 4.69) is 25.6 Å². The molecule has 8 heteroatoms. The molecule has 0 aliphatic carbocycles. The van der Waals surface area contributed by atoms with Gasteiger partial charge in [0, 0.05) is 12.7 Å². The number of nitrogens with one attached hydrogen (secondary N) is 2. The van der Waals surface area contributed by atoms with E-state index < -0.39 is 5.82 Å². The molecule has 0 saturated heterocycles. The fourth-order valence-corrected chi connectivity index (χ4v) is 3.16. The predicted molar refractivity (Wildman–Crippen MR) is 96.3 cm³/mol. The molecule has 0 aliphatic rings. The van der Waals surface area contributed by atoms with Crippen molar-refractivity contribution in [2.24, 2.45) is 0 Å². The number of thiophene rings is 1. The average molecular weight is 359 g/mol. The molecule has 3 heterocycles. The Kier molecular flexibility index (Phi) is 5.18. The van der Waals surface area contributed by atoms with Crippen LogP contribution in [0.25, 0.3) is 10.2 Å². The fourth-order valence-electron chi connectivity index (χ4n) is 2.35. The molecule has 0 bridgehead atoms. The number of carbonyl (C=O) groups is 1. The van der Waals surface area contributed by atoms with Crippen LogP contribution in [0.2, 0.25) is 0 Å². The topological polar surface area (TPSA) is 79.8 Å². The summed E-state index contributed by atoms with van der Waals surface area (Å²) in [4.78, 5) is 25.1. The molecule has 0 aliphatic heterocycles. The molecular formula is C17H18FN5OS. The molecule has 0 radical (unpaired) electrons. The summed E-state index contributed by atoms with van der Waals surface area (Å²) in [5, 5.41) is 7.83. The van der Waals surface area contributed by atoms with Gasteiger partial charge in [-0.2, -0.15) is 0 Å². The molecule has 3 rings (SSSR count).